The number of hydrogen-bond donors (Lipinski definition) is 1. The summed E-state index contributed by atoms with van der Waals surface area (Å²) in [5.41, 5.74) is 7.71. The van der Waals surface area contributed by atoms with E-state index in [1.54, 1.807) is 7.11 Å². The predicted octanol–water partition coefficient (Wildman–Crippen LogP) is 1.85. The van der Waals surface area contributed by atoms with E-state index in [1.165, 1.54) is 5.56 Å². The van der Waals surface area contributed by atoms with E-state index >= 15 is 0 Å². The van der Waals surface area contributed by atoms with Gasteiger partial charge in [-0.1, -0.05) is 0 Å². The molecule has 0 radical (unpaired) electrons. The van der Waals surface area contributed by atoms with Crippen LogP contribution in [0.4, 0.5) is 0 Å². The van der Waals surface area contributed by atoms with Gasteiger partial charge in [0.1, 0.15) is 0 Å². The molecule has 0 unspecified atom stereocenters. The minimum absolute atomic E-state index is 0.0585. The number of rotatable bonds is 4. The lowest BCUT2D eigenvalue weighted by Gasteiger charge is -2.21. The van der Waals surface area contributed by atoms with Gasteiger partial charge in [0.05, 0.1) is 18.3 Å². The highest BCUT2D eigenvalue weighted by molar-refractivity contribution is 5.32. The van der Waals surface area contributed by atoms with Crippen LogP contribution in [-0.2, 0) is 12.0 Å². The minimum atomic E-state index is -0.0585. The van der Waals surface area contributed by atoms with Gasteiger partial charge in [0.25, 0.3) is 0 Å². The number of aromatic nitrogens is 2. The summed E-state index contributed by atoms with van der Waals surface area (Å²) in [5, 5.41) is 4.56. The Hall–Kier alpha value is -1.03. The monoisotopic (exact) mass is 225 g/mol. The van der Waals surface area contributed by atoms with E-state index in [9.17, 15) is 0 Å². The van der Waals surface area contributed by atoms with E-state index in [-0.39, 0.29) is 5.54 Å². The molecule has 16 heavy (non-hydrogen) atoms. The van der Waals surface area contributed by atoms with Crippen LogP contribution in [0.25, 0.3) is 0 Å². The zero-order valence-electron chi connectivity index (χ0n) is 11.0. The smallest absolute Gasteiger partial charge is 0.215 e. The molecule has 1 heterocycles. The third kappa shape index (κ3) is 2.55. The molecule has 1 rings (SSSR count). The average molecular weight is 225 g/mol. The Labute approximate surface area is 97.8 Å². The largest absolute Gasteiger partial charge is 0.481 e. The molecule has 0 fully saturated rings. The predicted molar refractivity (Wildman–Crippen MR) is 65.9 cm³/mol. The second-order valence-electron chi connectivity index (χ2n) is 5.05. The van der Waals surface area contributed by atoms with Crippen LogP contribution in [0.5, 0.6) is 5.88 Å². The zero-order chi connectivity index (χ0) is 12.3. The molecule has 0 aliphatic heterocycles. The number of nitrogens with two attached hydrogens (primary N) is 1. The normalized spacial score (nSPS) is 11.9. The summed E-state index contributed by atoms with van der Waals surface area (Å²) in [4.78, 5) is 0. The van der Waals surface area contributed by atoms with Crippen LogP contribution in [0.3, 0.4) is 0 Å². The Morgan fingerprint density at radius 1 is 1.38 bits per heavy atom. The lowest BCUT2D eigenvalue weighted by Crippen LogP contribution is -2.24. The highest BCUT2D eigenvalue weighted by Gasteiger charge is 2.23. The van der Waals surface area contributed by atoms with Crippen molar-refractivity contribution in [2.24, 2.45) is 5.73 Å². The lowest BCUT2D eigenvalue weighted by molar-refractivity contribution is 0.280. The maximum absolute atomic E-state index is 5.54. The standard InChI is InChI=1S/C12H23N3O/c1-9-10(7-6-8-13)11(16-5)15(14-9)12(2,3)4/h6-8,13H2,1-5H3. The fraction of sp³-hybridized carbons (Fsp3) is 0.750. The first-order chi connectivity index (χ1) is 7.41. The first-order valence-corrected chi connectivity index (χ1v) is 5.74. The molecular formula is C12H23N3O. The molecule has 0 spiro atoms. The van der Waals surface area contributed by atoms with Gasteiger partial charge >= 0.3 is 0 Å². The van der Waals surface area contributed by atoms with E-state index in [4.69, 9.17) is 10.5 Å². The van der Waals surface area contributed by atoms with E-state index < -0.39 is 0 Å². The summed E-state index contributed by atoms with van der Waals surface area (Å²) in [6.45, 7) is 9.08. The molecule has 0 aliphatic rings. The molecule has 0 bridgehead atoms. The van der Waals surface area contributed by atoms with Gasteiger partial charge in [-0.25, -0.2) is 4.68 Å². The SMILES string of the molecule is COc1c(CCCN)c(C)nn1C(C)(C)C. The summed E-state index contributed by atoms with van der Waals surface area (Å²) < 4.78 is 7.43. The van der Waals surface area contributed by atoms with Gasteiger partial charge in [0.15, 0.2) is 0 Å². The fourth-order valence-corrected chi connectivity index (χ4v) is 1.77. The average Bonchev–Trinajstić information content (AvgIpc) is 2.51. The molecular weight excluding hydrogens is 202 g/mol. The van der Waals surface area contributed by atoms with Crippen LogP contribution in [0, 0.1) is 6.92 Å². The molecule has 92 valence electrons. The van der Waals surface area contributed by atoms with Crippen LogP contribution < -0.4 is 10.5 Å². The van der Waals surface area contributed by atoms with Gasteiger partial charge in [0, 0.05) is 5.56 Å². The summed E-state index contributed by atoms with van der Waals surface area (Å²) in [6, 6.07) is 0. The van der Waals surface area contributed by atoms with Crippen LogP contribution in [-0.4, -0.2) is 23.4 Å². The maximum Gasteiger partial charge on any atom is 0.215 e. The number of methoxy groups -OCH3 is 1. The van der Waals surface area contributed by atoms with Gasteiger partial charge in [-0.15, -0.1) is 0 Å². The second-order valence-corrected chi connectivity index (χ2v) is 5.05. The van der Waals surface area contributed by atoms with Gasteiger partial charge < -0.3 is 10.5 Å². The number of ether oxygens (including phenoxy) is 1. The number of nitrogens with zero attached hydrogens (tertiary/aromatic N) is 2. The summed E-state index contributed by atoms with van der Waals surface area (Å²) in [7, 11) is 1.70. The van der Waals surface area contributed by atoms with Gasteiger partial charge in [-0.2, -0.15) is 5.10 Å². The third-order valence-corrected chi connectivity index (χ3v) is 2.60. The molecule has 2 N–H and O–H groups in total. The van der Waals surface area contributed by atoms with Crippen molar-refractivity contribution >= 4 is 0 Å². The van der Waals surface area contributed by atoms with Crippen molar-refractivity contribution in [2.45, 2.75) is 46.1 Å². The van der Waals surface area contributed by atoms with E-state index in [1.807, 2.05) is 11.6 Å². The van der Waals surface area contributed by atoms with Crippen molar-refractivity contribution in [2.75, 3.05) is 13.7 Å². The molecule has 1 aromatic heterocycles. The Balaban J connectivity index is 3.13. The fourth-order valence-electron chi connectivity index (χ4n) is 1.77. The van der Waals surface area contributed by atoms with Gasteiger partial charge in [-0.05, 0) is 47.1 Å². The quantitative estimate of drug-likeness (QED) is 0.850. The highest BCUT2D eigenvalue weighted by atomic mass is 16.5. The summed E-state index contributed by atoms with van der Waals surface area (Å²) >= 11 is 0. The van der Waals surface area contributed by atoms with Crippen LogP contribution in [0.15, 0.2) is 0 Å². The molecule has 0 saturated heterocycles. The Morgan fingerprint density at radius 2 is 2.00 bits per heavy atom. The Bertz CT molecular complexity index is 350. The molecule has 4 nitrogen and oxygen atoms in total. The second kappa shape index (κ2) is 4.87. The maximum atomic E-state index is 5.54. The number of aryl methyl sites for hydroxylation is 1. The molecule has 0 amide bonds. The van der Waals surface area contributed by atoms with Crippen molar-refractivity contribution in [1.29, 1.82) is 0 Å². The molecule has 4 heteroatoms. The molecule has 1 aromatic rings. The Morgan fingerprint density at radius 3 is 2.44 bits per heavy atom. The van der Waals surface area contributed by atoms with Gasteiger partial charge in [-0.3, -0.25) is 0 Å². The lowest BCUT2D eigenvalue weighted by atomic mass is 10.1. The van der Waals surface area contributed by atoms with Crippen molar-refractivity contribution in [1.82, 2.24) is 9.78 Å². The van der Waals surface area contributed by atoms with Crippen molar-refractivity contribution in [3.05, 3.63) is 11.3 Å². The first-order valence-electron chi connectivity index (χ1n) is 5.74. The van der Waals surface area contributed by atoms with Crippen LogP contribution in [0.2, 0.25) is 0 Å². The van der Waals surface area contributed by atoms with Crippen molar-refractivity contribution < 1.29 is 4.74 Å². The van der Waals surface area contributed by atoms with Crippen molar-refractivity contribution in [3.8, 4) is 5.88 Å². The van der Waals surface area contributed by atoms with Crippen molar-refractivity contribution in [3.63, 3.8) is 0 Å². The zero-order valence-corrected chi connectivity index (χ0v) is 11.0. The molecule has 0 atom stereocenters. The summed E-state index contributed by atoms with van der Waals surface area (Å²) in [6.07, 6.45) is 1.90. The van der Waals surface area contributed by atoms with Crippen LogP contribution >= 0.6 is 0 Å². The Kier molecular flexibility index (Phi) is 3.97. The topological polar surface area (TPSA) is 53.1 Å². The third-order valence-electron chi connectivity index (χ3n) is 2.60. The molecule has 0 aliphatic carbocycles. The van der Waals surface area contributed by atoms with Crippen LogP contribution in [0.1, 0.15) is 38.4 Å². The molecule has 0 saturated carbocycles. The first kappa shape index (κ1) is 13.0. The molecule has 0 aromatic carbocycles. The van der Waals surface area contributed by atoms with E-state index in [2.05, 4.69) is 25.9 Å². The minimum Gasteiger partial charge on any atom is -0.481 e. The number of hydrogen-bond acceptors (Lipinski definition) is 3. The van der Waals surface area contributed by atoms with Gasteiger partial charge in [0.2, 0.25) is 5.88 Å². The summed E-state index contributed by atoms with van der Waals surface area (Å²) in [5.74, 6) is 0.874. The van der Waals surface area contributed by atoms with E-state index in [0.29, 0.717) is 6.54 Å². The van der Waals surface area contributed by atoms with E-state index in [0.717, 1.165) is 24.4 Å². The highest BCUT2D eigenvalue weighted by Crippen LogP contribution is 2.29.